The Morgan fingerprint density at radius 1 is 0.449 bits per heavy atom. The highest BCUT2D eigenvalue weighted by molar-refractivity contribution is 6.67. The largest absolute Gasteiger partial charge is 0.478 e. The maximum Gasteiger partial charge on any atom is 0.347 e. The number of nitrogens with two attached hydrogens (primary N) is 2. The molecule has 8 rings (SSSR count). The Labute approximate surface area is 470 Å². The first kappa shape index (κ1) is 66.5. The third-order valence-electron chi connectivity index (χ3n) is 15.8. The number of carbonyl (C=O) groups is 3. The lowest BCUT2D eigenvalue weighted by molar-refractivity contribution is 0.0697. The highest BCUT2D eigenvalue weighted by Gasteiger charge is 2.21. The Morgan fingerprint density at radius 3 is 1.21 bits per heavy atom. The molecular formula is C68H84ClN3O6. The molecule has 0 saturated heterocycles. The number of halogens is 1. The lowest BCUT2D eigenvalue weighted by Gasteiger charge is -2.17. The number of hydrogen-bond acceptors (Lipinski definition) is 8. The zero-order chi connectivity index (χ0) is 57.4. The van der Waals surface area contributed by atoms with Crippen molar-refractivity contribution < 1.29 is 23.9 Å². The van der Waals surface area contributed by atoms with Crippen molar-refractivity contribution in [3.8, 4) is 11.5 Å². The summed E-state index contributed by atoms with van der Waals surface area (Å²) in [4.78, 5) is 50.9. The van der Waals surface area contributed by atoms with Crippen LogP contribution in [0, 0.1) is 132 Å². The number of nitrogen functional groups attached to an aromatic ring is 2. The predicted molar refractivity (Wildman–Crippen MR) is 331 cm³/mol. The molecule has 0 aliphatic heterocycles. The van der Waals surface area contributed by atoms with Crippen LogP contribution in [-0.4, -0.2) is 27.1 Å². The van der Waals surface area contributed by atoms with Crippen LogP contribution in [0.3, 0.4) is 0 Å². The van der Waals surface area contributed by atoms with Crippen LogP contribution in [-0.2, 0) is 0 Å². The number of aromatic nitrogens is 1. The Morgan fingerprint density at radius 2 is 0.795 bits per heavy atom. The minimum atomic E-state index is -0.969. The standard InChI is InChI=1S/C20H25NO.C17H15NO2.C12H18.C10H13NO2.C7H5ClO.2CH4/c1-10-8-17(15(6)14(5)12(10)3)20(22)18-9-11(2)13(4)16(7)19(18)21;1-10-9-14-15(12(3)11(10)2)18-16(20-17(14)19)13-7-5-4-6-8-13;1-7-8(2)10(4)12(6)11(5)9(7)3;1-5-4-8(10(12)13)9(11)7(3)6(5)2;8-7(9)6-4-2-1-3-5-6;;/h8-9H,21H2,1-7H3;4-9H,1-3H3;1-6H3;4H,11H2,1-3H3,(H,12,13);1-5H;2*1H4. The second kappa shape index (κ2) is 28.1. The molecule has 5 N–H and O–H groups in total. The third kappa shape index (κ3) is 14.9. The van der Waals surface area contributed by atoms with E-state index in [4.69, 9.17) is 32.6 Å². The molecule has 10 heteroatoms. The molecule has 0 amide bonds. The van der Waals surface area contributed by atoms with Gasteiger partial charge in [-0.15, -0.1) is 0 Å². The van der Waals surface area contributed by atoms with Gasteiger partial charge in [0.1, 0.15) is 0 Å². The summed E-state index contributed by atoms with van der Waals surface area (Å²) in [6.45, 7) is 39.2. The van der Waals surface area contributed by atoms with Gasteiger partial charge in [0.25, 0.3) is 5.24 Å². The summed E-state index contributed by atoms with van der Waals surface area (Å²) < 4.78 is 5.36. The average molecular weight is 1070 g/mol. The molecule has 1 heterocycles. The number of nitrogens with zero attached hydrogens (tertiary/aromatic N) is 1. The Hall–Kier alpha value is -7.62. The van der Waals surface area contributed by atoms with Crippen LogP contribution in [0.25, 0.3) is 22.4 Å². The van der Waals surface area contributed by atoms with E-state index in [2.05, 4.69) is 60.4 Å². The number of carboxylic acids is 1. The second-order valence-corrected chi connectivity index (χ2v) is 20.3. The van der Waals surface area contributed by atoms with E-state index in [1.807, 2.05) is 131 Å². The van der Waals surface area contributed by atoms with Crippen LogP contribution in [0.15, 0.2) is 94.1 Å². The highest BCUT2D eigenvalue weighted by atomic mass is 35.5. The number of rotatable bonds is 5. The Bertz CT molecular complexity index is 3400. The van der Waals surface area contributed by atoms with Gasteiger partial charge in [0.2, 0.25) is 5.89 Å². The number of carboxylic acid groups (broad SMARTS) is 1. The first-order valence-electron chi connectivity index (χ1n) is 25.3. The quantitative estimate of drug-likeness (QED) is 0.0863. The van der Waals surface area contributed by atoms with Gasteiger partial charge < -0.3 is 21.0 Å². The highest BCUT2D eigenvalue weighted by Crippen LogP contribution is 2.31. The van der Waals surface area contributed by atoms with Crippen LogP contribution < -0.4 is 17.1 Å². The SMILES string of the molecule is C.C.Cc1c(C)c(C)c(C)c(C)c1C.Cc1cc(C(=O)O)c(N)c(C)c1C.Cc1cc(C(=O)c2cc(C)c(C)c(C)c2N)c(C)c(C)c1C.Cc1cc2c(=O)oc(-c3ccccc3)nc2c(C)c1C.O=C(Cl)c1ccccc1. The molecule has 8 aromatic rings. The molecule has 0 fully saturated rings. The van der Waals surface area contributed by atoms with Crippen molar-refractivity contribution in [1.82, 2.24) is 4.98 Å². The molecule has 0 unspecified atom stereocenters. The fraction of sp³-hybridized carbons (Fsp3) is 0.309. The summed E-state index contributed by atoms with van der Waals surface area (Å²) in [6, 6.07) is 25.6. The average Bonchev–Trinajstić information content (AvgIpc) is 3.41. The van der Waals surface area contributed by atoms with Crippen molar-refractivity contribution in [3.63, 3.8) is 0 Å². The molecule has 9 nitrogen and oxygen atoms in total. The summed E-state index contributed by atoms with van der Waals surface area (Å²) in [5.74, 6) is -0.578. The van der Waals surface area contributed by atoms with Gasteiger partial charge in [0.15, 0.2) is 5.78 Å². The van der Waals surface area contributed by atoms with Crippen molar-refractivity contribution in [1.29, 1.82) is 0 Å². The minimum absolute atomic E-state index is 0. The number of carbonyl (C=O) groups excluding carboxylic acids is 2. The van der Waals surface area contributed by atoms with Gasteiger partial charge >= 0.3 is 11.6 Å². The van der Waals surface area contributed by atoms with Crippen molar-refractivity contribution in [2.45, 2.75) is 146 Å². The van der Waals surface area contributed by atoms with Gasteiger partial charge in [0.05, 0.1) is 16.5 Å². The fourth-order valence-corrected chi connectivity index (χ4v) is 8.88. The maximum absolute atomic E-state index is 13.0. The third-order valence-corrected chi connectivity index (χ3v) is 16.0. The van der Waals surface area contributed by atoms with Gasteiger partial charge in [0, 0.05) is 33.6 Å². The number of aromatic carboxylic acids is 1. The predicted octanol–water partition coefficient (Wildman–Crippen LogP) is 17.2. The summed E-state index contributed by atoms with van der Waals surface area (Å²) in [5, 5.41) is 8.97. The number of hydrogen-bond donors (Lipinski definition) is 3. The zero-order valence-electron chi connectivity index (χ0n) is 48.1. The Kier molecular flexibility index (Phi) is 24.0. The molecule has 1 aromatic heterocycles. The molecule has 0 spiro atoms. The molecule has 0 radical (unpaired) electrons. The van der Waals surface area contributed by atoms with E-state index in [1.165, 1.54) is 44.5 Å². The number of fused-ring (bicyclic) bond motifs is 1. The minimum Gasteiger partial charge on any atom is -0.478 e. The monoisotopic (exact) mass is 1070 g/mol. The Balaban J connectivity index is 0.000000343. The van der Waals surface area contributed by atoms with E-state index in [9.17, 15) is 19.2 Å². The summed E-state index contributed by atoms with van der Waals surface area (Å²) in [7, 11) is 0. The number of anilines is 2. The van der Waals surface area contributed by atoms with Gasteiger partial charge in [-0.25, -0.2) is 14.6 Å². The molecule has 414 valence electrons. The maximum atomic E-state index is 13.0. The lowest BCUT2D eigenvalue weighted by Crippen LogP contribution is -2.11. The van der Waals surface area contributed by atoms with Crippen LogP contribution in [0.1, 0.15) is 157 Å². The van der Waals surface area contributed by atoms with E-state index in [0.717, 1.165) is 77.8 Å². The molecule has 0 bridgehead atoms. The van der Waals surface area contributed by atoms with Crippen molar-refractivity contribution in [2.75, 3.05) is 11.5 Å². The summed E-state index contributed by atoms with van der Waals surface area (Å²) in [5.41, 5.74) is 38.9. The van der Waals surface area contributed by atoms with Gasteiger partial charge in [-0.2, -0.15) is 0 Å². The van der Waals surface area contributed by atoms with Crippen LogP contribution in [0.2, 0.25) is 0 Å². The second-order valence-electron chi connectivity index (χ2n) is 20.0. The van der Waals surface area contributed by atoms with Gasteiger partial charge in [-0.1, -0.05) is 63.4 Å². The van der Waals surface area contributed by atoms with Crippen LogP contribution >= 0.6 is 11.6 Å². The smallest absolute Gasteiger partial charge is 0.347 e. The van der Waals surface area contributed by atoms with Crippen molar-refractivity contribution in [2.24, 2.45) is 0 Å². The van der Waals surface area contributed by atoms with Crippen LogP contribution in [0.4, 0.5) is 11.4 Å². The number of ketones is 1. The van der Waals surface area contributed by atoms with Crippen LogP contribution in [0.5, 0.6) is 0 Å². The van der Waals surface area contributed by atoms with E-state index in [1.54, 1.807) is 30.3 Å². The lowest BCUT2D eigenvalue weighted by atomic mass is 9.88. The van der Waals surface area contributed by atoms with Crippen molar-refractivity contribution >= 4 is 50.9 Å². The van der Waals surface area contributed by atoms with E-state index in [0.29, 0.717) is 33.8 Å². The molecule has 0 aliphatic rings. The summed E-state index contributed by atoms with van der Waals surface area (Å²) in [6.07, 6.45) is 0. The van der Waals surface area contributed by atoms with Gasteiger partial charge in [-0.05, 0) is 285 Å². The summed E-state index contributed by atoms with van der Waals surface area (Å²) >= 11 is 5.16. The fourth-order valence-electron chi connectivity index (χ4n) is 8.76. The number of aryl methyl sites for hydroxylation is 5. The molecule has 0 aliphatic carbocycles. The topological polar surface area (TPSA) is 167 Å². The first-order chi connectivity index (χ1) is 35.5. The number of benzene rings is 7. The zero-order valence-corrected chi connectivity index (χ0v) is 48.8. The molecule has 78 heavy (non-hydrogen) atoms. The molecule has 0 atom stereocenters. The normalized spacial score (nSPS) is 10.2. The van der Waals surface area contributed by atoms with Gasteiger partial charge in [-0.3, -0.25) is 9.59 Å². The molecule has 7 aromatic carbocycles. The molecule has 0 saturated carbocycles. The first-order valence-corrected chi connectivity index (χ1v) is 25.7. The van der Waals surface area contributed by atoms with E-state index in [-0.39, 0.29) is 31.8 Å². The van der Waals surface area contributed by atoms with Crippen molar-refractivity contribution in [3.05, 3.63) is 223 Å². The van der Waals surface area contributed by atoms with E-state index < -0.39 is 11.2 Å². The molecular weight excluding hydrogens is 990 g/mol. The van der Waals surface area contributed by atoms with E-state index >= 15 is 0 Å².